The number of hydrogen-bond donors (Lipinski definition) is 1. The molecule has 6 heteroatoms. The Morgan fingerprint density at radius 1 is 1.42 bits per heavy atom. The van der Waals surface area contributed by atoms with Gasteiger partial charge in [-0.15, -0.1) is 5.10 Å². The minimum absolute atomic E-state index is 0.204. The van der Waals surface area contributed by atoms with Crippen LogP contribution in [0.25, 0.3) is 0 Å². The molecular formula is C13H16N4O2. The van der Waals surface area contributed by atoms with Crippen molar-refractivity contribution in [2.24, 2.45) is 5.73 Å². The van der Waals surface area contributed by atoms with Gasteiger partial charge in [-0.05, 0) is 31.5 Å². The largest absolute Gasteiger partial charge is 0.492 e. The maximum absolute atomic E-state index is 11.0. The molecule has 0 aliphatic carbocycles. The van der Waals surface area contributed by atoms with Crippen molar-refractivity contribution in [2.75, 3.05) is 6.61 Å². The van der Waals surface area contributed by atoms with Crippen molar-refractivity contribution in [3.8, 4) is 5.75 Å². The maximum atomic E-state index is 11.0. The highest BCUT2D eigenvalue weighted by Crippen LogP contribution is 2.12. The Balaban J connectivity index is 1.94. The molecule has 0 saturated carbocycles. The van der Waals surface area contributed by atoms with Crippen molar-refractivity contribution >= 4 is 5.91 Å². The van der Waals surface area contributed by atoms with Gasteiger partial charge in [-0.25, -0.2) is 4.68 Å². The Kier molecular flexibility index (Phi) is 3.79. The van der Waals surface area contributed by atoms with Crippen LogP contribution in [0.5, 0.6) is 5.75 Å². The molecular weight excluding hydrogens is 244 g/mol. The van der Waals surface area contributed by atoms with Gasteiger partial charge in [0.25, 0.3) is 5.91 Å². The Hall–Kier alpha value is -2.37. The van der Waals surface area contributed by atoms with E-state index in [1.165, 1.54) is 0 Å². The first-order valence-electron chi connectivity index (χ1n) is 5.97. The Labute approximate surface area is 111 Å². The van der Waals surface area contributed by atoms with Crippen LogP contribution >= 0.6 is 0 Å². The summed E-state index contributed by atoms with van der Waals surface area (Å²) in [6.45, 7) is 4.73. The third-order valence-electron chi connectivity index (χ3n) is 2.78. The lowest BCUT2D eigenvalue weighted by Gasteiger charge is -2.07. The van der Waals surface area contributed by atoms with Crippen molar-refractivity contribution in [3.63, 3.8) is 0 Å². The van der Waals surface area contributed by atoms with Crippen LogP contribution < -0.4 is 10.5 Å². The zero-order valence-electron chi connectivity index (χ0n) is 11.0. The Bertz CT molecular complexity index is 592. The molecule has 1 aromatic heterocycles. The highest BCUT2D eigenvalue weighted by atomic mass is 16.5. The summed E-state index contributed by atoms with van der Waals surface area (Å²) >= 11 is 0. The number of primary amides is 1. The summed E-state index contributed by atoms with van der Waals surface area (Å²) < 4.78 is 7.22. The van der Waals surface area contributed by atoms with Gasteiger partial charge in [0.2, 0.25) is 0 Å². The molecule has 1 amide bonds. The second-order valence-electron chi connectivity index (χ2n) is 4.28. The van der Waals surface area contributed by atoms with E-state index in [4.69, 9.17) is 10.5 Å². The number of amides is 1. The van der Waals surface area contributed by atoms with Crippen molar-refractivity contribution in [2.45, 2.75) is 20.4 Å². The van der Waals surface area contributed by atoms with Crippen LogP contribution in [0.15, 0.2) is 24.3 Å². The number of aryl methyl sites for hydroxylation is 1. The monoisotopic (exact) mass is 260 g/mol. The summed E-state index contributed by atoms with van der Waals surface area (Å²) in [5.41, 5.74) is 7.18. The molecule has 0 fully saturated rings. The number of carbonyl (C=O) groups excluding carboxylic acids is 1. The molecule has 2 rings (SSSR count). The van der Waals surface area contributed by atoms with Crippen LogP contribution in [0, 0.1) is 13.8 Å². The highest BCUT2D eigenvalue weighted by molar-refractivity contribution is 5.91. The number of carbonyl (C=O) groups is 1. The van der Waals surface area contributed by atoms with E-state index in [1.54, 1.807) is 11.6 Å². The first-order valence-corrected chi connectivity index (χ1v) is 5.97. The van der Waals surface area contributed by atoms with E-state index in [9.17, 15) is 4.79 Å². The van der Waals surface area contributed by atoms with Crippen molar-refractivity contribution in [1.29, 1.82) is 0 Å². The number of nitrogens with zero attached hydrogens (tertiary/aromatic N) is 3. The van der Waals surface area contributed by atoms with Crippen LogP contribution in [0.2, 0.25) is 0 Å². The van der Waals surface area contributed by atoms with E-state index in [1.807, 2.05) is 31.2 Å². The van der Waals surface area contributed by atoms with Gasteiger partial charge in [-0.1, -0.05) is 17.3 Å². The molecule has 0 unspecified atom stereocenters. The van der Waals surface area contributed by atoms with Crippen molar-refractivity contribution in [1.82, 2.24) is 15.0 Å². The predicted molar refractivity (Wildman–Crippen MR) is 70.0 cm³/mol. The number of aromatic nitrogens is 3. The number of ether oxygens (including phenoxy) is 1. The average molecular weight is 260 g/mol. The molecule has 1 aromatic carbocycles. The van der Waals surface area contributed by atoms with Gasteiger partial charge in [0, 0.05) is 0 Å². The second kappa shape index (κ2) is 5.51. The van der Waals surface area contributed by atoms with E-state index in [2.05, 4.69) is 10.3 Å². The minimum Gasteiger partial charge on any atom is -0.492 e. The van der Waals surface area contributed by atoms with Crippen LogP contribution in [-0.4, -0.2) is 27.5 Å². The van der Waals surface area contributed by atoms with Gasteiger partial charge in [0.1, 0.15) is 12.4 Å². The van der Waals surface area contributed by atoms with Gasteiger partial charge >= 0.3 is 0 Å². The fourth-order valence-corrected chi connectivity index (χ4v) is 1.76. The van der Waals surface area contributed by atoms with Crippen molar-refractivity contribution in [3.05, 3.63) is 41.2 Å². The van der Waals surface area contributed by atoms with Gasteiger partial charge in [-0.2, -0.15) is 0 Å². The quantitative estimate of drug-likeness (QED) is 0.871. The molecule has 2 aromatic rings. The summed E-state index contributed by atoms with van der Waals surface area (Å²) in [5, 5.41) is 7.61. The van der Waals surface area contributed by atoms with Crippen LogP contribution in [0.4, 0.5) is 0 Å². The summed E-state index contributed by atoms with van der Waals surface area (Å²) in [5.74, 6) is 0.247. The van der Waals surface area contributed by atoms with Crippen molar-refractivity contribution < 1.29 is 9.53 Å². The van der Waals surface area contributed by atoms with E-state index < -0.39 is 5.91 Å². The fraction of sp³-hybridized carbons (Fsp3) is 0.308. The lowest BCUT2D eigenvalue weighted by Crippen LogP contribution is -2.15. The molecule has 6 nitrogen and oxygen atoms in total. The highest BCUT2D eigenvalue weighted by Gasteiger charge is 2.12. The SMILES string of the molecule is Cc1cccc(OCCn2nnc(C(N)=O)c2C)c1. The lowest BCUT2D eigenvalue weighted by atomic mass is 10.2. The van der Waals surface area contributed by atoms with Gasteiger partial charge < -0.3 is 10.5 Å². The molecule has 0 atom stereocenters. The summed E-state index contributed by atoms with van der Waals surface area (Å²) in [7, 11) is 0. The standard InChI is InChI=1S/C13H16N4O2/c1-9-4-3-5-11(8-9)19-7-6-17-10(2)12(13(14)18)15-16-17/h3-5,8H,6-7H2,1-2H3,(H2,14,18). The topological polar surface area (TPSA) is 83.0 Å². The van der Waals surface area contributed by atoms with E-state index >= 15 is 0 Å². The zero-order valence-corrected chi connectivity index (χ0v) is 11.0. The van der Waals surface area contributed by atoms with E-state index in [0.717, 1.165) is 11.3 Å². The molecule has 0 spiro atoms. The molecule has 0 bridgehead atoms. The minimum atomic E-state index is -0.566. The average Bonchev–Trinajstić information content (AvgIpc) is 2.71. The summed E-state index contributed by atoms with van der Waals surface area (Å²) in [6.07, 6.45) is 0. The molecule has 1 heterocycles. The van der Waals surface area contributed by atoms with Crippen LogP contribution in [0.1, 0.15) is 21.7 Å². The Morgan fingerprint density at radius 3 is 2.84 bits per heavy atom. The molecule has 100 valence electrons. The Morgan fingerprint density at radius 2 is 2.21 bits per heavy atom. The number of rotatable bonds is 5. The third-order valence-corrected chi connectivity index (χ3v) is 2.78. The van der Waals surface area contributed by atoms with E-state index in [0.29, 0.717) is 18.8 Å². The molecule has 0 aliphatic heterocycles. The normalized spacial score (nSPS) is 10.4. The van der Waals surface area contributed by atoms with Gasteiger partial charge in [-0.3, -0.25) is 4.79 Å². The number of hydrogen-bond acceptors (Lipinski definition) is 4. The van der Waals surface area contributed by atoms with Gasteiger partial charge in [0.05, 0.1) is 12.2 Å². The fourth-order valence-electron chi connectivity index (χ4n) is 1.76. The van der Waals surface area contributed by atoms with Gasteiger partial charge in [0.15, 0.2) is 5.69 Å². The number of benzene rings is 1. The van der Waals surface area contributed by atoms with E-state index in [-0.39, 0.29) is 5.69 Å². The second-order valence-corrected chi connectivity index (χ2v) is 4.28. The predicted octanol–water partition coefficient (Wildman–Crippen LogP) is 1.07. The first kappa shape index (κ1) is 13.1. The molecule has 19 heavy (non-hydrogen) atoms. The molecule has 0 radical (unpaired) electrons. The third kappa shape index (κ3) is 3.09. The zero-order chi connectivity index (χ0) is 13.8. The lowest BCUT2D eigenvalue weighted by molar-refractivity contribution is 0.0995. The summed E-state index contributed by atoms with van der Waals surface area (Å²) in [4.78, 5) is 11.0. The van der Waals surface area contributed by atoms with Crippen LogP contribution in [0.3, 0.4) is 0 Å². The van der Waals surface area contributed by atoms with Crippen LogP contribution in [-0.2, 0) is 6.54 Å². The maximum Gasteiger partial charge on any atom is 0.271 e. The molecule has 0 aliphatic rings. The first-order chi connectivity index (χ1) is 9.08. The summed E-state index contributed by atoms with van der Waals surface area (Å²) in [6, 6.07) is 7.81. The number of nitrogens with two attached hydrogens (primary N) is 1. The molecule has 0 saturated heterocycles. The molecule has 2 N–H and O–H groups in total. The smallest absolute Gasteiger partial charge is 0.271 e.